The van der Waals surface area contributed by atoms with Gasteiger partial charge in [0.2, 0.25) is 0 Å². The van der Waals surface area contributed by atoms with E-state index in [1.54, 1.807) is 0 Å². The molecule has 4 atom stereocenters. The summed E-state index contributed by atoms with van der Waals surface area (Å²) in [4.78, 5) is 25.1. The fourth-order valence-electron chi connectivity index (χ4n) is 4.05. The summed E-state index contributed by atoms with van der Waals surface area (Å²) >= 11 is 0. The molecule has 2 aromatic rings. The number of carboxylic acids is 2. The number of nitrogens with zero attached hydrogens (tertiary/aromatic N) is 1. The number of aryl methyl sites for hydroxylation is 1. The van der Waals surface area contributed by atoms with Gasteiger partial charge in [-0.25, -0.2) is 0 Å². The van der Waals surface area contributed by atoms with Gasteiger partial charge in [-0.05, 0) is 36.8 Å². The number of carbonyl (C=O) groups is 2. The second-order valence-corrected chi connectivity index (χ2v) is 7.20. The third-order valence-electron chi connectivity index (χ3n) is 5.50. The van der Waals surface area contributed by atoms with Gasteiger partial charge in [-0.3, -0.25) is 14.5 Å². The summed E-state index contributed by atoms with van der Waals surface area (Å²) in [5, 5.41) is 19.0. The lowest BCUT2D eigenvalue weighted by atomic mass is 10.1. The number of benzene rings is 2. The molecule has 5 heteroatoms. The molecular weight excluding hydrogens is 342 g/mol. The van der Waals surface area contributed by atoms with Crippen LogP contribution in [-0.2, 0) is 16.0 Å². The van der Waals surface area contributed by atoms with Gasteiger partial charge in [-0.2, -0.15) is 0 Å². The van der Waals surface area contributed by atoms with Crippen LogP contribution in [0.5, 0.6) is 0 Å². The van der Waals surface area contributed by atoms with Gasteiger partial charge in [0.1, 0.15) is 0 Å². The van der Waals surface area contributed by atoms with Gasteiger partial charge in [0.15, 0.2) is 0 Å². The minimum Gasteiger partial charge on any atom is -0.481 e. The smallest absolute Gasteiger partial charge is 0.317 e. The minimum absolute atomic E-state index is 0.0341. The molecule has 0 saturated heterocycles. The summed E-state index contributed by atoms with van der Waals surface area (Å²) in [7, 11) is 0. The van der Waals surface area contributed by atoms with Crippen molar-refractivity contribution in [3.8, 4) is 0 Å². The first kappa shape index (κ1) is 19.1. The van der Waals surface area contributed by atoms with Crippen molar-refractivity contribution in [2.45, 2.75) is 31.8 Å². The summed E-state index contributed by atoms with van der Waals surface area (Å²) in [5.74, 6) is -2.32. The summed E-state index contributed by atoms with van der Waals surface area (Å²) in [6.45, 7) is 1.79. The zero-order chi connectivity index (χ0) is 19.4. The number of hydrogen-bond acceptors (Lipinski definition) is 3. The average Bonchev–Trinajstić information content (AvgIpc) is 3.39. The topological polar surface area (TPSA) is 77.8 Å². The molecule has 5 nitrogen and oxygen atoms in total. The van der Waals surface area contributed by atoms with Gasteiger partial charge in [0.25, 0.3) is 0 Å². The highest BCUT2D eigenvalue weighted by atomic mass is 16.4. The molecule has 142 valence electrons. The first-order chi connectivity index (χ1) is 13.0. The van der Waals surface area contributed by atoms with E-state index in [1.165, 1.54) is 5.56 Å². The van der Waals surface area contributed by atoms with E-state index in [-0.39, 0.29) is 24.5 Å². The van der Waals surface area contributed by atoms with Crippen LogP contribution >= 0.6 is 0 Å². The molecule has 1 fully saturated rings. The minimum atomic E-state index is -0.935. The molecule has 2 aromatic carbocycles. The highest BCUT2D eigenvalue weighted by Crippen LogP contribution is 2.49. The third kappa shape index (κ3) is 4.55. The molecular formula is C22H25NO4. The maximum absolute atomic E-state index is 11.8. The first-order valence-corrected chi connectivity index (χ1v) is 9.28. The predicted octanol–water partition coefficient (Wildman–Crippen LogP) is 3.47. The van der Waals surface area contributed by atoms with Gasteiger partial charge < -0.3 is 10.2 Å². The second kappa shape index (κ2) is 8.35. The molecule has 0 spiro atoms. The Bertz CT molecular complexity index is 777. The second-order valence-electron chi connectivity index (χ2n) is 7.20. The fourth-order valence-corrected chi connectivity index (χ4v) is 4.05. The van der Waals surface area contributed by atoms with Crippen LogP contribution in [0.4, 0.5) is 0 Å². The van der Waals surface area contributed by atoms with E-state index in [1.807, 2.05) is 72.5 Å². The van der Waals surface area contributed by atoms with Crippen molar-refractivity contribution in [3.05, 3.63) is 71.8 Å². The van der Waals surface area contributed by atoms with E-state index in [0.29, 0.717) is 0 Å². The molecule has 1 aliphatic rings. The van der Waals surface area contributed by atoms with Crippen molar-refractivity contribution in [1.82, 2.24) is 4.90 Å². The van der Waals surface area contributed by atoms with Gasteiger partial charge in [-0.15, -0.1) is 0 Å². The van der Waals surface area contributed by atoms with Crippen molar-refractivity contribution < 1.29 is 19.8 Å². The van der Waals surface area contributed by atoms with E-state index in [2.05, 4.69) is 0 Å². The predicted molar refractivity (Wildman–Crippen MR) is 102 cm³/mol. The van der Waals surface area contributed by atoms with Crippen molar-refractivity contribution >= 4 is 11.9 Å². The molecule has 1 saturated carbocycles. The van der Waals surface area contributed by atoms with E-state index in [0.717, 1.165) is 18.4 Å². The van der Waals surface area contributed by atoms with Crippen LogP contribution < -0.4 is 0 Å². The Morgan fingerprint density at radius 2 is 1.59 bits per heavy atom. The maximum atomic E-state index is 11.8. The molecule has 2 N–H and O–H groups in total. The largest absolute Gasteiger partial charge is 0.481 e. The molecule has 0 heterocycles. The van der Waals surface area contributed by atoms with Crippen LogP contribution in [0.25, 0.3) is 0 Å². The molecule has 0 radical (unpaired) electrons. The van der Waals surface area contributed by atoms with Crippen LogP contribution in [0.3, 0.4) is 0 Å². The Kier molecular flexibility index (Phi) is 5.91. The molecule has 0 aromatic heterocycles. The van der Waals surface area contributed by atoms with Crippen LogP contribution in [-0.4, -0.2) is 39.6 Å². The first-order valence-electron chi connectivity index (χ1n) is 9.28. The Hall–Kier alpha value is -2.66. The molecule has 4 unspecified atom stereocenters. The Labute approximate surface area is 159 Å². The van der Waals surface area contributed by atoms with Gasteiger partial charge in [-0.1, -0.05) is 60.7 Å². The average molecular weight is 367 g/mol. The van der Waals surface area contributed by atoms with Crippen LogP contribution in [0.15, 0.2) is 60.7 Å². The summed E-state index contributed by atoms with van der Waals surface area (Å²) in [6.07, 6.45) is 1.54. The van der Waals surface area contributed by atoms with Crippen molar-refractivity contribution in [2.24, 2.45) is 11.8 Å². The Balaban J connectivity index is 1.77. The van der Waals surface area contributed by atoms with Crippen LogP contribution in [0.1, 0.15) is 30.5 Å². The monoisotopic (exact) mass is 367 g/mol. The standard InChI is InChI=1S/C22H25NO4/c1-15(17-10-6-3-7-11-17)23(14-19(24)25)21-18(20(21)22(26)27)13-12-16-8-4-2-5-9-16/h2-11,15,18,20-21H,12-14H2,1H3,(H,24,25)(H,26,27). The number of carboxylic acid groups (broad SMARTS) is 2. The summed E-state index contributed by atoms with van der Waals surface area (Å²) in [5.41, 5.74) is 2.17. The quantitative estimate of drug-likeness (QED) is 0.710. The summed E-state index contributed by atoms with van der Waals surface area (Å²) < 4.78 is 0. The molecule has 1 aliphatic carbocycles. The van der Waals surface area contributed by atoms with Crippen molar-refractivity contribution in [2.75, 3.05) is 6.54 Å². The van der Waals surface area contributed by atoms with Crippen molar-refractivity contribution in [3.63, 3.8) is 0 Å². The number of rotatable bonds is 9. The molecule has 0 aliphatic heterocycles. The normalized spacial score (nSPS) is 22.4. The van der Waals surface area contributed by atoms with Crippen molar-refractivity contribution in [1.29, 1.82) is 0 Å². The highest BCUT2D eigenvalue weighted by molar-refractivity contribution is 5.76. The third-order valence-corrected chi connectivity index (χ3v) is 5.50. The molecule has 0 bridgehead atoms. The highest BCUT2D eigenvalue weighted by Gasteiger charge is 2.58. The lowest BCUT2D eigenvalue weighted by molar-refractivity contribution is -0.142. The van der Waals surface area contributed by atoms with Gasteiger partial charge in [0, 0.05) is 12.1 Å². The Morgan fingerprint density at radius 3 is 2.15 bits per heavy atom. The van der Waals surface area contributed by atoms with Crippen LogP contribution in [0.2, 0.25) is 0 Å². The zero-order valence-corrected chi connectivity index (χ0v) is 15.4. The van der Waals surface area contributed by atoms with Crippen LogP contribution in [0, 0.1) is 11.8 Å². The maximum Gasteiger partial charge on any atom is 0.317 e. The zero-order valence-electron chi connectivity index (χ0n) is 15.4. The lowest BCUT2D eigenvalue weighted by Crippen LogP contribution is -2.36. The van der Waals surface area contributed by atoms with E-state index < -0.39 is 17.9 Å². The molecule has 27 heavy (non-hydrogen) atoms. The molecule has 3 rings (SSSR count). The number of hydrogen-bond donors (Lipinski definition) is 2. The Morgan fingerprint density at radius 1 is 1.00 bits per heavy atom. The number of aliphatic carboxylic acids is 2. The van der Waals surface area contributed by atoms with Gasteiger partial charge in [0.05, 0.1) is 12.5 Å². The van der Waals surface area contributed by atoms with E-state index in [4.69, 9.17) is 0 Å². The van der Waals surface area contributed by atoms with E-state index in [9.17, 15) is 19.8 Å². The van der Waals surface area contributed by atoms with E-state index >= 15 is 0 Å². The molecule has 0 amide bonds. The summed E-state index contributed by atoms with van der Waals surface area (Å²) in [6, 6.07) is 19.2. The SMILES string of the molecule is CC(c1ccccc1)N(CC(=O)O)C1C(CCc2ccccc2)C1C(=O)O. The fraction of sp³-hybridized carbons (Fsp3) is 0.364. The lowest BCUT2D eigenvalue weighted by Gasteiger charge is -2.28. The van der Waals surface area contributed by atoms with Gasteiger partial charge >= 0.3 is 11.9 Å².